The zero-order valence-corrected chi connectivity index (χ0v) is 7.03. The molecule has 1 fully saturated rings. The molecule has 4 heteroatoms. The molecule has 0 spiro atoms. The molecule has 0 aromatic heterocycles. The Labute approximate surface area is 72.1 Å². The lowest BCUT2D eigenvalue weighted by atomic mass is 10.5. The van der Waals surface area contributed by atoms with E-state index >= 15 is 0 Å². The molecule has 0 aromatic rings. The van der Waals surface area contributed by atoms with Gasteiger partial charge in [0.25, 0.3) is 0 Å². The predicted octanol–water partition coefficient (Wildman–Crippen LogP) is 0.885. The van der Waals surface area contributed by atoms with Gasteiger partial charge in [-0.05, 0) is 12.5 Å². The smallest absolute Gasteiger partial charge is 0.188 e. The van der Waals surface area contributed by atoms with E-state index < -0.39 is 0 Å². The maximum Gasteiger partial charge on any atom is 0.188 e. The van der Waals surface area contributed by atoms with E-state index in [1.807, 2.05) is 6.08 Å². The molecule has 0 bridgehead atoms. The van der Waals surface area contributed by atoms with Gasteiger partial charge < -0.3 is 18.9 Å². The van der Waals surface area contributed by atoms with Gasteiger partial charge in [0.2, 0.25) is 0 Å². The second-order valence-corrected chi connectivity index (χ2v) is 2.31. The van der Waals surface area contributed by atoms with Gasteiger partial charge in [-0.25, -0.2) is 0 Å². The summed E-state index contributed by atoms with van der Waals surface area (Å²) in [5.41, 5.74) is 0. The van der Waals surface area contributed by atoms with E-state index in [4.69, 9.17) is 14.2 Å². The molecule has 70 valence electrons. The molecule has 0 radical (unpaired) electrons. The number of ether oxygens (including phenoxy) is 4. The molecule has 0 unspecified atom stereocenters. The summed E-state index contributed by atoms with van der Waals surface area (Å²) in [6.07, 6.45) is 4.52. The summed E-state index contributed by atoms with van der Waals surface area (Å²) in [7, 11) is 0. The molecule has 0 saturated carbocycles. The first-order valence-corrected chi connectivity index (χ1v) is 4.00. The number of rotatable bonds is 0. The monoisotopic (exact) mass is 174 g/mol. The maximum absolute atomic E-state index is 4.85. The molecule has 2 rings (SSSR count). The van der Waals surface area contributed by atoms with Crippen molar-refractivity contribution in [3.63, 3.8) is 0 Å². The van der Waals surface area contributed by atoms with Crippen molar-refractivity contribution in [1.29, 1.82) is 0 Å². The van der Waals surface area contributed by atoms with Gasteiger partial charge >= 0.3 is 0 Å². The van der Waals surface area contributed by atoms with E-state index in [0.717, 1.165) is 19.6 Å². The van der Waals surface area contributed by atoms with Gasteiger partial charge in [-0.1, -0.05) is 0 Å². The molecule has 2 aliphatic heterocycles. The summed E-state index contributed by atoms with van der Waals surface area (Å²) in [4.78, 5) is 0. The summed E-state index contributed by atoms with van der Waals surface area (Å²) in [5.74, 6) is 0. The van der Waals surface area contributed by atoms with Gasteiger partial charge in [0.05, 0.1) is 26.1 Å². The van der Waals surface area contributed by atoms with Gasteiger partial charge in [-0.15, -0.1) is 0 Å². The normalized spacial score (nSPS) is 22.0. The fourth-order valence-corrected chi connectivity index (χ4v) is 0.751. The summed E-state index contributed by atoms with van der Waals surface area (Å²) in [6, 6.07) is 0. The van der Waals surface area contributed by atoms with E-state index in [1.165, 1.54) is 0 Å². The van der Waals surface area contributed by atoms with E-state index in [1.54, 1.807) is 6.26 Å². The van der Waals surface area contributed by atoms with Crippen LogP contribution in [-0.4, -0.2) is 33.4 Å². The molecule has 2 aliphatic rings. The third-order valence-electron chi connectivity index (χ3n) is 1.30. The van der Waals surface area contributed by atoms with E-state index in [2.05, 4.69) is 4.74 Å². The van der Waals surface area contributed by atoms with Crippen LogP contribution in [0, 0.1) is 0 Å². The van der Waals surface area contributed by atoms with Crippen LogP contribution in [-0.2, 0) is 18.9 Å². The van der Waals surface area contributed by atoms with Crippen LogP contribution in [0.4, 0.5) is 0 Å². The van der Waals surface area contributed by atoms with Crippen molar-refractivity contribution in [3.05, 3.63) is 12.3 Å². The van der Waals surface area contributed by atoms with Crippen LogP contribution in [0.25, 0.3) is 0 Å². The highest BCUT2D eigenvalue weighted by Crippen LogP contribution is 1.91. The lowest BCUT2D eigenvalue weighted by Crippen LogP contribution is -2.11. The Balaban J connectivity index is 0.000000120. The first-order valence-electron chi connectivity index (χ1n) is 4.00. The minimum Gasteiger partial charge on any atom is -0.475 e. The second kappa shape index (κ2) is 7.09. The average Bonchev–Trinajstić information content (AvgIpc) is 2.24. The first kappa shape index (κ1) is 9.51. The molecule has 0 N–H and O–H groups in total. The highest BCUT2D eigenvalue weighted by Gasteiger charge is 1.94. The van der Waals surface area contributed by atoms with Crippen molar-refractivity contribution in [3.8, 4) is 0 Å². The zero-order chi connectivity index (χ0) is 8.49. The Morgan fingerprint density at radius 3 is 1.92 bits per heavy atom. The Hall–Kier alpha value is -0.580. The maximum atomic E-state index is 4.85. The lowest BCUT2D eigenvalue weighted by molar-refractivity contribution is -0.0963. The summed E-state index contributed by atoms with van der Waals surface area (Å²) >= 11 is 0. The molecular weight excluding hydrogens is 160 g/mol. The third kappa shape index (κ3) is 5.12. The Bertz CT molecular complexity index is 101. The number of hydrogen-bond acceptors (Lipinski definition) is 4. The molecule has 0 atom stereocenters. The van der Waals surface area contributed by atoms with Crippen LogP contribution in [0.1, 0.15) is 6.42 Å². The van der Waals surface area contributed by atoms with Crippen molar-refractivity contribution in [2.24, 2.45) is 0 Å². The Morgan fingerprint density at radius 2 is 1.75 bits per heavy atom. The van der Waals surface area contributed by atoms with E-state index in [9.17, 15) is 0 Å². The van der Waals surface area contributed by atoms with Crippen LogP contribution >= 0.6 is 0 Å². The lowest BCUT2D eigenvalue weighted by Gasteiger charge is -2.09. The molecule has 0 aliphatic carbocycles. The third-order valence-corrected chi connectivity index (χ3v) is 1.30. The highest BCUT2D eigenvalue weighted by atomic mass is 16.7. The van der Waals surface area contributed by atoms with Crippen molar-refractivity contribution in [2.45, 2.75) is 6.42 Å². The Morgan fingerprint density at radius 1 is 0.917 bits per heavy atom. The Kier molecular flexibility index (Phi) is 5.62. The minimum atomic E-state index is 0.413. The SMILES string of the molecule is C1=COCOC1.C1COCOC1. The topological polar surface area (TPSA) is 36.9 Å². The highest BCUT2D eigenvalue weighted by molar-refractivity contribution is 4.73. The zero-order valence-electron chi connectivity index (χ0n) is 7.03. The minimum absolute atomic E-state index is 0.413. The molecule has 12 heavy (non-hydrogen) atoms. The van der Waals surface area contributed by atoms with Gasteiger partial charge in [0.15, 0.2) is 6.79 Å². The molecule has 0 aromatic carbocycles. The average molecular weight is 174 g/mol. The van der Waals surface area contributed by atoms with Crippen LogP contribution < -0.4 is 0 Å². The first-order chi connectivity index (χ1) is 6.00. The van der Waals surface area contributed by atoms with Crippen LogP contribution in [0.3, 0.4) is 0 Å². The van der Waals surface area contributed by atoms with E-state index in [-0.39, 0.29) is 0 Å². The molecular formula is C8H14O4. The van der Waals surface area contributed by atoms with Gasteiger partial charge in [0.1, 0.15) is 6.79 Å². The second-order valence-electron chi connectivity index (χ2n) is 2.31. The summed E-state index contributed by atoms with van der Waals surface area (Å²) in [6.45, 7) is 3.36. The van der Waals surface area contributed by atoms with E-state index in [0.29, 0.717) is 20.2 Å². The summed E-state index contributed by atoms with van der Waals surface area (Å²) in [5, 5.41) is 0. The van der Waals surface area contributed by atoms with Gasteiger partial charge in [-0.3, -0.25) is 0 Å². The quantitative estimate of drug-likeness (QED) is 0.546. The number of hydrogen-bond donors (Lipinski definition) is 0. The molecule has 4 nitrogen and oxygen atoms in total. The molecule has 2 heterocycles. The fraction of sp³-hybridized carbons (Fsp3) is 0.750. The van der Waals surface area contributed by atoms with Crippen molar-refractivity contribution in [2.75, 3.05) is 33.4 Å². The largest absolute Gasteiger partial charge is 0.475 e. The van der Waals surface area contributed by atoms with Crippen molar-refractivity contribution < 1.29 is 18.9 Å². The van der Waals surface area contributed by atoms with Crippen LogP contribution in [0.15, 0.2) is 12.3 Å². The fourth-order valence-electron chi connectivity index (χ4n) is 0.751. The van der Waals surface area contributed by atoms with Crippen molar-refractivity contribution in [1.82, 2.24) is 0 Å². The molecule has 1 saturated heterocycles. The molecule has 0 amide bonds. The van der Waals surface area contributed by atoms with Crippen LogP contribution in [0.2, 0.25) is 0 Å². The van der Waals surface area contributed by atoms with Crippen LogP contribution in [0.5, 0.6) is 0 Å². The predicted molar refractivity (Wildman–Crippen MR) is 42.4 cm³/mol. The van der Waals surface area contributed by atoms with Crippen molar-refractivity contribution >= 4 is 0 Å². The van der Waals surface area contributed by atoms with Gasteiger partial charge in [0, 0.05) is 0 Å². The summed E-state index contributed by atoms with van der Waals surface area (Å²) < 4.78 is 19.1. The standard InChI is InChI=1S/C4H8O2.C4H6O2/c2*1-2-5-4-6-3-1/h1-4H2;1-2H,3-4H2. The van der Waals surface area contributed by atoms with Gasteiger partial charge in [-0.2, -0.15) is 0 Å².